The van der Waals surface area contributed by atoms with Gasteiger partial charge in [0.25, 0.3) is 0 Å². The van der Waals surface area contributed by atoms with Crippen molar-refractivity contribution in [3.63, 3.8) is 0 Å². The Kier molecular flexibility index (Phi) is 3.66. The van der Waals surface area contributed by atoms with E-state index in [4.69, 9.17) is 5.84 Å². The van der Waals surface area contributed by atoms with Gasteiger partial charge in [0.1, 0.15) is 0 Å². The quantitative estimate of drug-likeness (QED) is 0.441. The number of hydrazine groups is 1. The molecule has 1 unspecified atom stereocenters. The van der Waals surface area contributed by atoms with Gasteiger partial charge in [-0.2, -0.15) is 11.3 Å². The van der Waals surface area contributed by atoms with Crippen molar-refractivity contribution >= 4 is 11.3 Å². The molecule has 0 aliphatic rings. The lowest BCUT2D eigenvalue weighted by Gasteiger charge is -2.15. The molecule has 1 atom stereocenters. The van der Waals surface area contributed by atoms with E-state index in [1.165, 1.54) is 11.1 Å². The molecule has 1 rings (SSSR count). The summed E-state index contributed by atoms with van der Waals surface area (Å²) in [5, 5.41) is 4.28. The number of thiophene rings is 1. The van der Waals surface area contributed by atoms with Crippen molar-refractivity contribution in [2.24, 2.45) is 5.84 Å². The Balaban J connectivity index is 2.78. The predicted octanol–water partition coefficient (Wildman–Crippen LogP) is 2.53. The Morgan fingerprint density at radius 1 is 1.69 bits per heavy atom. The number of aryl methyl sites for hydroxylation is 1. The third kappa shape index (κ3) is 2.66. The molecule has 0 saturated carbocycles. The van der Waals surface area contributed by atoms with Gasteiger partial charge in [0.15, 0.2) is 0 Å². The molecule has 0 fully saturated rings. The molecule has 0 saturated heterocycles. The van der Waals surface area contributed by atoms with Crippen LogP contribution in [-0.4, -0.2) is 0 Å². The first-order chi connectivity index (χ1) is 6.15. The fourth-order valence-corrected chi connectivity index (χ4v) is 2.24. The lowest BCUT2D eigenvalue weighted by molar-refractivity contribution is 0.549. The molecule has 3 N–H and O–H groups in total. The van der Waals surface area contributed by atoms with Crippen molar-refractivity contribution in [3.8, 4) is 0 Å². The average Bonchev–Trinajstić information content (AvgIpc) is 2.47. The van der Waals surface area contributed by atoms with Gasteiger partial charge in [-0.15, -0.1) is 6.58 Å². The van der Waals surface area contributed by atoms with Crippen LogP contribution in [0, 0.1) is 6.92 Å². The fourth-order valence-electron chi connectivity index (χ4n) is 1.33. The Morgan fingerprint density at radius 2 is 2.38 bits per heavy atom. The minimum absolute atomic E-state index is 0.212. The molecular formula is C10H16N2S. The van der Waals surface area contributed by atoms with E-state index in [1.54, 1.807) is 11.3 Å². The predicted molar refractivity (Wildman–Crippen MR) is 58.6 cm³/mol. The Morgan fingerprint density at radius 3 is 2.77 bits per heavy atom. The minimum Gasteiger partial charge on any atom is -0.271 e. The Labute approximate surface area is 83.4 Å². The number of hydrogen-bond donors (Lipinski definition) is 2. The molecule has 0 spiro atoms. The van der Waals surface area contributed by atoms with E-state index in [0.717, 1.165) is 12.0 Å². The number of rotatable bonds is 4. The topological polar surface area (TPSA) is 38.0 Å². The molecule has 3 heteroatoms. The van der Waals surface area contributed by atoms with Gasteiger partial charge in [-0.3, -0.25) is 11.3 Å². The summed E-state index contributed by atoms with van der Waals surface area (Å²) in [6.45, 7) is 8.02. The molecule has 72 valence electrons. The van der Waals surface area contributed by atoms with Crippen LogP contribution in [0.25, 0.3) is 0 Å². The zero-order chi connectivity index (χ0) is 9.84. The van der Waals surface area contributed by atoms with E-state index >= 15 is 0 Å². The molecule has 1 aromatic rings. The SMILES string of the molecule is C=C(C)CC(NN)c1cscc1C. The molecule has 0 amide bonds. The van der Waals surface area contributed by atoms with E-state index in [-0.39, 0.29) is 6.04 Å². The van der Waals surface area contributed by atoms with Crippen molar-refractivity contribution in [2.45, 2.75) is 26.3 Å². The van der Waals surface area contributed by atoms with Gasteiger partial charge in [0, 0.05) is 0 Å². The lowest BCUT2D eigenvalue weighted by atomic mass is 10.0. The first-order valence-electron chi connectivity index (χ1n) is 4.28. The smallest absolute Gasteiger partial charge is 0.0507 e. The van der Waals surface area contributed by atoms with E-state index in [1.807, 2.05) is 6.92 Å². The normalized spacial score (nSPS) is 12.8. The monoisotopic (exact) mass is 196 g/mol. The third-order valence-corrected chi connectivity index (χ3v) is 2.90. The number of hydrogen-bond acceptors (Lipinski definition) is 3. The highest BCUT2D eigenvalue weighted by Gasteiger charge is 2.12. The van der Waals surface area contributed by atoms with Crippen LogP contribution in [0.5, 0.6) is 0 Å². The van der Waals surface area contributed by atoms with Crippen LogP contribution >= 0.6 is 11.3 Å². The molecule has 0 aromatic carbocycles. The van der Waals surface area contributed by atoms with Crippen LogP contribution in [0.3, 0.4) is 0 Å². The maximum atomic E-state index is 5.49. The highest BCUT2D eigenvalue weighted by molar-refractivity contribution is 7.08. The average molecular weight is 196 g/mol. The first kappa shape index (κ1) is 10.4. The van der Waals surface area contributed by atoms with Crippen LogP contribution in [0.2, 0.25) is 0 Å². The largest absolute Gasteiger partial charge is 0.271 e. The second-order valence-electron chi connectivity index (χ2n) is 3.39. The van der Waals surface area contributed by atoms with E-state index in [0.29, 0.717) is 0 Å². The van der Waals surface area contributed by atoms with Gasteiger partial charge in [0.05, 0.1) is 6.04 Å². The molecule has 2 nitrogen and oxygen atoms in total. The Bertz CT molecular complexity index is 291. The lowest BCUT2D eigenvalue weighted by Crippen LogP contribution is -2.28. The van der Waals surface area contributed by atoms with Gasteiger partial charge in [-0.25, -0.2) is 0 Å². The van der Waals surface area contributed by atoms with Crippen molar-refractivity contribution < 1.29 is 0 Å². The summed E-state index contributed by atoms with van der Waals surface area (Å²) < 4.78 is 0. The van der Waals surface area contributed by atoms with Gasteiger partial charge in [-0.05, 0) is 42.2 Å². The standard InChI is InChI=1S/C10H16N2S/c1-7(2)4-10(12-11)9-6-13-5-8(9)3/h5-6,10,12H,1,4,11H2,2-3H3. The van der Waals surface area contributed by atoms with Crippen LogP contribution in [0.1, 0.15) is 30.5 Å². The maximum absolute atomic E-state index is 5.49. The van der Waals surface area contributed by atoms with Crippen LogP contribution < -0.4 is 11.3 Å². The van der Waals surface area contributed by atoms with Crippen molar-refractivity contribution in [3.05, 3.63) is 34.0 Å². The fraction of sp³-hybridized carbons (Fsp3) is 0.400. The second kappa shape index (κ2) is 4.56. The summed E-state index contributed by atoms with van der Waals surface area (Å²) in [7, 11) is 0. The molecule has 0 bridgehead atoms. The molecule has 1 heterocycles. The van der Waals surface area contributed by atoms with Crippen LogP contribution in [0.4, 0.5) is 0 Å². The number of nitrogens with one attached hydrogen (secondary N) is 1. The zero-order valence-electron chi connectivity index (χ0n) is 8.13. The zero-order valence-corrected chi connectivity index (χ0v) is 8.95. The second-order valence-corrected chi connectivity index (χ2v) is 4.13. The molecule has 0 aliphatic heterocycles. The van der Waals surface area contributed by atoms with Gasteiger partial charge in [0.2, 0.25) is 0 Å². The summed E-state index contributed by atoms with van der Waals surface area (Å²) in [4.78, 5) is 0. The van der Waals surface area contributed by atoms with Crippen molar-refractivity contribution in [2.75, 3.05) is 0 Å². The minimum atomic E-state index is 0.212. The molecule has 1 aromatic heterocycles. The van der Waals surface area contributed by atoms with E-state index in [2.05, 4.69) is 29.7 Å². The molecule has 13 heavy (non-hydrogen) atoms. The highest BCUT2D eigenvalue weighted by Crippen LogP contribution is 2.25. The van der Waals surface area contributed by atoms with Gasteiger partial charge < -0.3 is 0 Å². The first-order valence-corrected chi connectivity index (χ1v) is 5.22. The Hall–Kier alpha value is -0.640. The van der Waals surface area contributed by atoms with Crippen LogP contribution in [-0.2, 0) is 0 Å². The molecule has 0 aliphatic carbocycles. The highest BCUT2D eigenvalue weighted by atomic mass is 32.1. The van der Waals surface area contributed by atoms with E-state index < -0.39 is 0 Å². The summed E-state index contributed by atoms with van der Waals surface area (Å²) in [5.74, 6) is 5.49. The third-order valence-electron chi connectivity index (χ3n) is 2.02. The summed E-state index contributed by atoms with van der Waals surface area (Å²) in [6.07, 6.45) is 0.897. The summed E-state index contributed by atoms with van der Waals surface area (Å²) in [6, 6.07) is 0.212. The molecule has 0 radical (unpaired) electrons. The van der Waals surface area contributed by atoms with Crippen molar-refractivity contribution in [1.29, 1.82) is 0 Å². The number of nitrogens with two attached hydrogens (primary N) is 1. The summed E-state index contributed by atoms with van der Waals surface area (Å²) in [5.41, 5.74) is 6.56. The van der Waals surface area contributed by atoms with E-state index in [9.17, 15) is 0 Å². The maximum Gasteiger partial charge on any atom is 0.0507 e. The van der Waals surface area contributed by atoms with Gasteiger partial charge >= 0.3 is 0 Å². The van der Waals surface area contributed by atoms with Gasteiger partial charge in [-0.1, -0.05) is 5.57 Å². The summed E-state index contributed by atoms with van der Waals surface area (Å²) >= 11 is 1.71. The molecular weight excluding hydrogens is 180 g/mol. The van der Waals surface area contributed by atoms with Crippen LogP contribution in [0.15, 0.2) is 22.9 Å². The van der Waals surface area contributed by atoms with Crippen molar-refractivity contribution in [1.82, 2.24) is 5.43 Å².